The number of nitrogens with two attached hydrogens (primary N) is 1. The number of nitrogens with zero attached hydrogens (tertiary/aromatic N) is 1. The number of anilines is 1. The first kappa shape index (κ1) is 17.8. The van der Waals surface area contributed by atoms with Crippen LogP contribution in [0.1, 0.15) is 12.5 Å². The number of halogens is 1. The molecule has 0 bridgehead atoms. The molecule has 1 amide bonds. The Morgan fingerprint density at radius 2 is 2.31 bits per heavy atom. The molecule has 7 nitrogen and oxygen atoms in total. The van der Waals surface area contributed by atoms with Crippen LogP contribution < -0.4 is 11.1 Å². The lowest BCUT2D eigenvalue weighted by molar-refractivity contribution is -0.140. The Kier molecular flexibility index (Phi) is 4.34. The lowest BCUT2D eigenvalue weighted by atomic mass is 9.68. The number of ether oxygens (including phenoxy) is 2. The van der Waals surface area contributed by atoms with Gasteiger partial charge in [-0.25, -0.2) is 4.79 Å². The summed E-state index contributed by atoms with van der Waals surface area (Å²) < 4.78 is 11.2. The van der Waals surface area contributed by atoms with Gasteiger partial charge in [0.15, 0.2) is 5.41 Å². The number of hydrogen-bond acceptors (Lipinski definition) is 6. The van der Waals surface area contributed by atoms with Crippen molar-refractivity contribution in [3.05, 3.63) is 63.7 Å². The van der Waals surface area contributed by atoms with E-state index in [1.165, 1.54) is 13.0 Å². The number of benzene rings is 1. The number of carbonyl (C=O) groups excluding carboxylic acids is 2. The molecule has 0 aliphatic carbocycles. The maximum absolute atomic E-state index is 13.1. The van der Waals surface area contributed by atoms with Gasteiger partial charge in [0.1, 0.15) is 29.6 Å². The Bertz CT molecular complexity index is 958. The second kappa shape index (κ2) is 6.35. The molecule has 0 unspecified atom stereocenters. The summed E-state index contributed by atoms with van der Waals surface area (Å²) in [6.07, 6.45) is 1.40. The topological polar surface area (TPSA) is 114 Å². The first-order valence-corrected chi connectivity index (χ1v) is 8.36. The minimum absolute atomic E-state index is 0.0558. The van der Waals surface area contributed by atoms with Gasteiger partial charge in [-0.05, 0) is 25.1 Å². The van der Waals surface area contributed by atoms with Crippen molar-refractivity contribution in [2.24, 2.45) is 5.73 Å². The maximum atomic E-state index is 13.1. The third kappa shape index (κ3) is 2.32. The Morgan fingerprint density at radius 1 is 1.58 bits per heavy atom. The standard InChI is InChI=1S/C18H14BrN3O4/c1-3-6-25-16(23)14-9(2)26-15(21)12(8-20)18(14)11-7-10(19)4-5-13(11)22-17(18)24/h3-5,7H,1,6,21H2,2H3,(H,22,24)/t18-/m1/s1. The number of nitriles is 1. The normalized spacial score (nSPS) is 21.0. The van der Waals surface area contributed by atoms with E-state index in [1.54, 1.807) is 18.2 Å². The highest BCUT2D eigenvalue weighted by atomic mass is 79.9. The van der Waals surface area contributed by atoms with E-state index >= 15 is 0 Å². The van der Waals surface area contributed by atoms with E-state index in [4.69, 9.17) is 15.2 Å². The molecular weight excluding hydrogens is 402 g/mol. The molecule has 0 fully saturated rings. The third-order valence-corrected chi connectivity index (χ3v) is 4.73. The van der Waals surface area contributed by atoms with E-state index < -0.39 is 17.3 Å². The summed E-state index contributed by atoms with van der Waals surface area (Å²) in [6, 6.07) is 7.01. The van der Waals surface area contributed by atoms with Crippen molar-refractivity contribution in [2.45, 2.75) is 12.3 Å². The number of fused-ring (bicyclic) bond motifs is 2. The van der Waals surface area contributed by atoms with Crippen molar-refractivity contribution in [2.75, 3.05) is 11.9 Å². The predicted molar refractivity (Wildman–Crippen MR) is 96.2 cm³/mol. The molecule has 1 spiro atoms. The molecule has 3 N–H and O–H groups in total. The molecule has 2 heterocycles. The smallest absolute Gasteiger partial charge is 0.339 e. The van der Waals surface area contributed by atoms with Gasteiger partial charge in [0, 0.05) is 15.7 Å². The Labute approximate surface area is 157 Å². The Hall–Kier alpha value is -3.05. The fraction of sp³-hybridized carbons (Fsp3) is 0.167. The quantitative estimate of drug-likeness (QED) is 0.578. The summed E-state index contributed by atoms with van der Waals surface area (Å²) in [5, 5.41) is 12.4. The van der Waals surface area contributed by atoms with Crippen LogP contribution in [-0.2, 0) is 24.5 Å². The number of allylic oxidation sites excluding steroid dienone is 1. The summed E-state index contributed by atoms with van der Waals surface area (Å²) in [4.78, 5) is 25.8. The molecule has 2 aliphatic heterocycles. The van der Waals surface area contributed by atoms with Crippen molar-refractivity contribution < 1.29 is 19.1 Å². The summed E-state index contributed by atoms with van der Waals surface area (Å²) in [5.41, 5.74) is 4.81. The van der Waals surface area contributed by atoms with Gasteiger partial charge in [0.2, 0.25) is 11.8 Å². The molecular formula is C18H14BrN3O4. The highest BCUT2D eigenvalue weighted by Gasteiger charge is 2.59. The fourth-order valence-electron chi connectivity index (χ4n) is 3.25. The first-order chi connectivity index (χ1) is 12.4. The molecule has 0 saturated carbocycles. The highest BCUT2D eigenvalue weighted by molar-refractivity contribution is 9.10. The molecule has 0 aromatic heterocycles. The number of hydrogen-bond donors (Lipinski definition) is 2. The summed E-state index contributed by atoms with van der Waals surface area (Å²) >= 11 is 3.36. The minimum atomic E-state index is -1.74. The van der Waals surface area contributed by atoms with Crippen molar-refractivity contribution in [3.63, 3.8) is 0 Å². The zero-order valence-corrected chi connectivity index (χ0v) is 15.3. The number of esters is 1. The van der Waals surface area contributed by atoms with E-state index in [-0.39, 0.29) is 29.4 Å². The average molecular weight is 416 g/mol. The lowest BCUT2D eigenvalue weighted by Crippen LogP contribution is -2.45. The van der Waals surface area contributed by atoms with Gasteiger partial charge in [-0.3, -0.25) is 4.79 Å². The van der Waals surface area contributed by atoms with Crippen molar-refractivity contribution in [3.8, 4) is 6.07 Å². The second-order valence-electron chi connectivity index (χ2n) is 5.67. The Balaban J connectivity index is 2.36. The van der Waals surface area contributed by atoms with Crippen LogP contribution in [0.4, 0.5) is 5.69 Å². The van der Waals surface area contributed by atoms with Crippen molar-refractivity contribution >= 4 is 33.5 Å². The number of amides is 1. The van der Waals surface area contributed by atoms with Gasteiger partial charge >= 0.3 is 5.97 Å². The summed E-state index contributed by atoms with van der Waals surface area (Å²) in [7, 11) is 0. The number of carbonyl (C=O) groups is 2. The largest absolute Gasteiger partial charge is 0.458 e. The molecule has 132 valence electrons. The Morgan fingerprint density at radius 3 is 2.96 bits per heavy atom. The van der Waals surface area contributed by atoms with Crippen LogP contribution in [-0.4, -0.2) is 18.5 Å². The first-order valence-electron chi connectivity index (χ1n) is 7.57. The molecule has 0 saturated heterocycles. The van der Waals surface area contributed by atoms with Gasteiger partial charge in [-0.2, -0.15) is 5.26 Å². The van der Waals surface area contributed by atoms with Crippen LogP contribution in [0.3, 0.4) is 0 Å². The van der Waals surface area contributed by atoms with Crippen LogP contribution >= 0.6 is 15.9 Å². The maximum Gasteiger partial charge on any atom is 0.339 e. The zero-order chi connectivity index (χ0) is 19.1. The van der Waals surface area contributed by atoms with E-state index in [2.05, 4.69) is 27.8 Å². The lowest BCUT2D eigenvalue weighted by Gasteiger charge is -2.33. The predicted octanol–water partition coefficient (Wildman–Crippen LogP) is 2.37. The van der Waals surface area contributed by atoms with E-state index in [1.807, 2.05) is 6.07 Å². The van der Waals surface area contributed by atoms with E-state index in [0.29, 0.717) is 15.7 Å². The average Bonchev–Trinajstić information content (AvgIpc) is 2.86. The van der Waals surface area contributed by atoms with E-state index in [0.717, 1.165) is 0 Å². The SMILES string of the molecule is C=CCOC(=O)C1=C(C)OC(N)=C(C#N)[C@@]12C(=O)Nc1ccc(Br)cc12. The van der Waals surface area contributed by atoms with Crippen LogP contribution in [0, 0.1) is 11.3 Å². The van der Waals surface area contributed by atoms with Gasteiger partial charge in [-0.15, -0.1) is 0 Å². The number of nitrogens with one attached hydrogen (secondary N) is 1. The monoisotopic (exact) mass is 415 g/mol. The van der Waals surface area contributed by atoms with Crippen LogP contribution in [0.25, 0.3) is 0 Å². The fourth-order valence-corrected chi connectivity index (χ4v) is 3.61. The van der Waals surface area contributed by atoms with Crippen molar-refractivity contribution in [1.29, 1.82) is 5.26 Å². The molecule has 1 atom stereocenters. The van der Waals surface area contributed by atoms with Gasteiger partial charge in [0.05, 0.1) is 0 Å². The molecule has 26 heavy (non-hydrogen) atoms. The minimum Gasteiger partial charge on any atom is -0.458 e. The summed E-state index contributed by atoms with van der Waals surface area (Å²) in [6.45, 7) is 4.94. The molecule has 3 rings (SSSR count). The zero-order valence-electron chi connectivity index (χ0n) is 13.8. The molecule has 1 aromatic carbocycles. The van der Waals surface area contributed by atoms with Gasteiger partial charge in [0.25, 0.3) is 0 Å². The highest BCUT2D eigenvalue weighted by Crippen LogP contribution is 2.52. The second-order valence-corrected chi connectivity index (χ2v) is 6.58. The van der Waals surface area contributed by atoms with Crippen LogP contribution in [0.2, 0.25) is 0 Å². The van der Waals surface area contributed by atoms with Gasteiger partial charge < -0.3 is 20.5 Å². The summed E-state index contributed by atoms with van der Waals surface area (Å²) in [5.74, 6) is -1.49. The number of rotatable bonds is 3. The molecule has 0 radical (unpaired) electrons. The molecule has 1 aromatic rings. The van der Waals surface area contributed by atoms with Crippen LogP contribution in [0.15, 0.2) is 58.1 Å². The van der Waals surface area contributed by atoms with E-state index in [9.17, 15) is 14.9 Å². The van der Waals surface area contributed by atoms with Crippen molar-refractivity contribution in [1.82, 2.24) is 0 Å². The third-order valence-electron chi connectivity index (χ3n) is 4.23. The molecule has 8 heteroatoms. The van der Waals surface area contributed by atoms with Gasteiger partial charge in [-0.1, -0.05) is 28.6 Å². The van der Waals surface area contributed by atoms with Crippen LogP contribution in [0.5, 0.6) is 0 Å². The molecule has 2 aliphatic rings.